The molecule has 2 rings (SSSR count). The van der Waals surface area contributed by atoms with Crippen molar-refractivity contribution in [2.24, 2.45) is 0 Å². The molecule has 1 fully saturated rings. The van der Waals surface area contributed by atoms with Gasteiger partial charge in [-0.15, -0.1) is 0 Å². The Morgan fingerprint density at radius 2 is 1.91 bits per heavy atom. The number of nitrogens with zero attached hydrogens (tertiary/aromatic N) is 1. The van der Waals surface area contributed by atoms with Crippen LogP contribution in [0.2, 0.25) is 5.02 Å². The van der Waals surface area contributed by atoms with E-state index in [4.69, 9.17) is 11.6 Å². The van der Waals surface area contributed by atoms with Crippen LogP contribution in [0, 0.1) is 0 Å². The van der Waals surface area contributed by atoms with Crippen LogP contribution in [0.15, 0.2) is 24.3 Å². The molecule has 1 aliphatic carbocycles. The smallest absolute Gasteiger partial charge is 0.241 e. The first-order valence-corrected chi connectivity index (χ1v) is 9.86. The van der Waals surface area contributed by atoms with E-state index in [2.05, 4.69) is 0 Å². The Kier molecular flexibility index (Phi) is 5.50. The molecule has 1 aromatic rings. The average molecular weight is 344 g/mol. The maximum absolute atomic E-state index is 12.7. The van der Waals surface area contributed by atoms with Crippen LogP contribution in [0.3, 0.4) is 0 Å². The fraction of sp³-hybridized carbons (Fsp3) is 0.562. The number of amides is 1. The van der Waals surface area contributed by atoms with Crippen molar-refractivity contribution in [3.63, 3.8) is 0 Å². The molecule has 1 amide bonds. The van der Waals surface area contributed by atoms with E-state index < -0.39 is 15.1 Å². The van der Waals surface area contributed by atoms with Crippen molar-refractivity contribution in [2.45, 2.75) is 50.4 Å². The zero-order chi connectivity index (χ0) is 16.3. The van der Waals surface area contributed by atoms with Gasteiger partial charge in [0.05, 0.1) is 0 Å². The van der Waals surface area contributed by atoms with Gasteiger partial charge < -0.3 is 4.90 Å². The SMILES string of the molecule is CC(C(=O)N(Cc1ccccc1Cl)C1CCCC1)S(C)(=O)=O. The van der Waals surface area contributed by atoms with E-state index in [-0.39, 0.29) is 11.9 Å². The highest BCUT2D eigenvalue weighted by Gasteiger charge is 2.33. The first-order valence-electron chi connectivity index (χ1n) is 7.53. The monoisotopic (exact) mass is 343 g/mol. The van der Waals surface area contributed by atoms with Crippen molar-refractivity contribution in [1.82, 2.24) is 4.90 Å². The predicted molar refractivity (Wildman–Crippen MR) is 88.6 cm³/mol. The fourth-order valence-electron chi connectivity index (χ4n) is 2.83. The number of carbonyl (C=O) groups is 1. The third kappa shape index (κ3) is 4.02. The zero-order valence-corrected chi connectivity index (χ0v) is 14.5. The molecular weight excluding hydrogens is 322 g/mol. The van der Waals surface area contributed by atoms with Crippen molar-refractivity contribution >= 4 is 27.3 Å². The van der Waals surface area contributed by atoms with E-state index in [1.165, 1.54) is 6.92 Å². The van der Waals surface area contributed by atoms with Gasteiger partial charge in [0, 0.05) is 23.9 Å². The van der Waals surface area contributed by atoms with Gasteiger partial charge in [0.15, 0.2) is 9.84 Å². The quantitative estimate of drug-likeness (QED) is 0.825. The Morgan fingerprint density at radius 3 is 2.45 bits per heavy atom. The topological polar surface area (TPSA) is 54.5 Å². The number of hydrogen-bond donors (Lipinski definition) is 0. The van der Waals surface area contributed by atoms with Gasteiger partial charge in [-0.2, -0.15) is 0 Å². The van der Waals surface area contributed by atoms with Gasteiger partial charge >= 0.3 is 0 Å². The summed E-state index contributed by atoms with van der Waals surface area (Å²) in [6.07, 6.45) is 5.10. The predicted octanol–water partition coefficient (Wildman–Crippen LogP) is 3.04. The molecule has 1 atom stereocenters. The molecule has 1 aliphatic rings. The zero-order valence-electron chi connectivity index (χ0n) is 13.0. The molecule has 0 N–H and O–H groups in total. The molecule has 6 heteroatoms. The fourth-order valence-corrected chi connectivity index (χ4v) is 3.53. The van der Waals surface area contributed by atoms with Gasteiger partial charge in [0.1, 0.15) is 5.25 Å². The molecular formula is C16H22ClNO3S. The Balaban J connectivity index is 2.27. The second-order valence-corrected chi connectivity index (χ2v) is 8.74. The summed E-state index contributed by atoms with van der Waals surface area (Å²) >= 11 is 6.19. The number of sulfone groups is 1. The third-order valence-electron chi connectivity index (χ3n) is 4.34. The summed E-state index contributed by atoms with van der Waals surface area (Å²) in [6.45, 7) is 1.83. The molecule has 1 aromatic carbocycles. The molecule has 0 heterocycles. The van der Waals surface area contributed by atoms with Crippen LogP contribution in [-0.2, 0) is 21.2 Å². The van der Waals surface area contributed by atoms with E-state index in [0.29, 0.717) is 11.6 Å². The summed E-state index contributed by atoms with van der Waals surface area (Å²) in [5.41, 5.74) is 0.852. The molecule has 122 valence electrons. The highest BCUT2D eigenvalue weighted by molar-refractivity contribution is 7.92. The molecule has 0 aliphatic heterocycles. The average Bonchev–Trinajstić information content (AvgIpc) is 2.98. The van der Waals surface area contributed by atoms with Gasteiger partial charge in [-0.05, 0) is 31.4 Å². The van der Waals surface area contributed by atoms with E-state index in [1.54, 1.807) is 11.0 Å². The summed E-state index contributed by atoms with van der Waals surface area (Å²) < 4.78 is 23.5. The van der Waals surface area contributed by atoms with Gasteiger partial charge in [0.2, 0.25) is 5.91 Å². The lowest BCUT2D eigenvalue weighted by Gasteiger charge is -2.31. The Bertz CT molecular complexity index is 639. The summed E-state index contributed by atoms with van der Waals surface area (Å²) in [5, 5.41) is -0.416. The molecule has 0 bridgehead atoms. The van der Waals surface area contributed by atoms with Crippen LogP contribution in [-0.4, -0.2) is 36.8 Å². The van der Waals surface area contributed by atoms with Gasteiger partial charge in [-0.3, -0.25) is 4.79 Å². The second kappa shape index (κ2) is 7.01. The molecule has 1 unspecified atom stereocenters. The summed E-state index contributed by atoms with van der Waals surface area (Å²) in [5.74, 6) is -0.325. The van der Waals surface area contributed by atoms with E-state index in [0.717, 1.165) is 37.5 Å². The standard InChI is InChI=1S/C16H22ClNO3S/c1-12(22(2,20)21)16(19)18(14-8-4-5-9-14)11-13-7-3-6-10-15(13)17/h3,6-7,10,12,14H,4-5,8-9,11H2,1-2H3. The summed E-state index contributed by atoms with van der Waals surface area (Å²) in [4.78, 5) is 14.4. The molecule has 22 heavy (non-hydrogen) atoms. The van der Waals surface area contributed by atoms with Crippen molar-refractivity contribution in [3.8, 4) is 0 Å². The lowest BCUT2D eigenvalue weighted by molar-refractivity contribution is -0.133. The first-order chi connectivity index (χ1) is 10.3. The normalized spacial score (nSPS) is 17.4. The number of rotatable bonds is 5. The second-order valence-electron chi connectivity index (χ2n) is 5.97. The molecule has 0 spiro atoms. The largest absolute Gasteiger partial charge is 0.334 e. The lowest BCUT2D eigenvalue weighted by atomic mass is 10.1. The van der Waals surface area contributed by atoms with Crippen molar-refractivity contribution in [1.29, 1.82) is 0 Å². The molecule has 0 saturated heterocycles. The van der Waals surface area contributed by atoms with Gasteiger partial charge in [0.25, 0.3) is 0 Å². The van der Waals surface area contributed by atoms with Crippen LogP contribution >= 0.6 is 11.6 Å². The number of hydrogen-bond acceptors (Lipinski definition) is 3. The van der Waals surface area contributed by atoms with Gasteiger partial charge in [-0.25, -0.2) is 8.42 Å². The minimum Gasteiger partial charge on any atom is -0.334 e. The highest BCUT2D eigenvalue weighted by Crippen LogP contribution is 2.28. The van der Waals surface area contributed by atoms with Crippen molar-refractivity contribution in [2.75, 3.05) is 6.26 Å². The van der Waals surface area contributed by atoms with E-state index >= 15 is 0 Å². The highest BCUT2D eigenvalue weighted by atomic mass is 35.5. The molecule has 0 radical (unpaired) electrons. The third-order valence-corrected chi connectivity index (χ3v) is 6.19. The van der Waals surface area contributed by atoms with Crippen molar-refractivity contribution in [3.05, 3.63) is 34.9 Å². The number of benzene rings is 1. The Labute approximate surface area is 137 Å². The Morgan fingerprint density at radius 1 is 1.32 bits per heavy atom. The van der Waals surface area contributed by atoms with Crippen LogP contribution in [0.5, 0.6) is 0 Å². The minimum absolute atomic E-state index is 0.105. The minimum atomic E-state index is -3.40. The van der Waals surface area contributed by atoms with E-state index in [1.807, 2.05) is 18.2 Å². The lowest BCUT2D eigenvalue weighted by Crippen LogP contribution is -2.45. The van der Waals surface area contributed by atoms with Crippen LogP contribution in [0.25, 0.3) is 0 Å². The maximum Gasteiger partial charge on any atom is 0.241 e. The first kappa shape index (κ1) is 17.3. The summed E-state index contributed by atoms with van der Waals surface area (Å²) in [7, 11) is -3.40. The maximum atomic E-state index is 12.7. The van der Waals surface area contributed by atoms with E-state index in [9.17, 15) is 13.2 Å². The molecule has 0 aromatic heterocycles. The van der Waals surface area contributed by atoms with Crippen LogP contribution in [0.1, 0.15) is 38.2 Å². The number of carbonyl (C=O) groups excluding carboxylic acids is 1. The molecule has 4 nitrogen and oxygen atoms in total. The van der Waals surface area contributed by atoms with Crippen LogP contribution in [0.4, 0.5) is 0 Å². The Hall–Kier alpha value is -1.07. The van der Waals surface area contributed by atoms with Gasteiger partial charge in [-0.1, -0.05) is 42.6 Å². The number of halogens is 1. The van der Waals surface area contributed by atoms with Crippen molar-refractivity contribution < 1.29 is 13.2 Å². The summed E-state index contributed by atoms with van der Waals surface area (Å²) in [6, 6.07) is 7.48. The molecule has 1 saturated carbocycles. The van der Waals surface area contributed by atoms with Crippen LogP contribution < -0.4 is 0 Å².